The summed E-state index contributed by atoms with van der Waals surface area (Å²) in [5, 5.41) is 13.1. The van der Waals surface area contributed by atoms with Gasteiger partial charge in [-0.1, -0.05) is 0 Å². The zero-order valence-corrected chi connectivity index (χ0v) is 9.85. The van der Waals surface area contributed by atoms with Gasteiger partial charge in [0.2, 0.25) is 11.6 Å². The lowest BCUT2D eigenvalue weighted by atomic mass is 10.3. The molecule has 1 aromatic heterocycles. The Balaban J connectivity index is 3.44. The van der Waals surface area contributed by atoms with E-state index < -0.39 is 34.6 Å². The van der Waals surface area contributed by atoms with Gasteiger partial charge in [0.05, 0.1) is 12.0 Å². The second-order valence-corrected chi connectivity index (χ2v) is 3.08. The van der Waals surface area contributed by atoms with Gasteiger partial charge < -0.3 is 14.8 Å². The molecule has 0 fully saturated rings. The molecule has 0 amide bonds. The quantitative estimate of drug-likeness (QED) is 0.493. The highest BCUT2D eigenvalue weighted by atomic mass is 19.3. The van der Waals surface area contributed by atoms with Crippen molar-refractivity contribution in [3.05, 3.63) is 21.9 Å². The lowest BCUT2D eigenvalue weighted by molar-refractivity contribution is -0.385. The van der Waals surface area contributed by atoms with Crippen LogP contribution in [0.2, 0.25) is 0 Å². The summed E-state index contributed by atoms with van der Waals surface area (Å²) < 4.78 is 32.8. The van der Waals surface area contributed by atoms with E-state index in [2.05, 4.69) is 19.8 Å². The van der Waals surface area contributed by atoms with Crippen LogP contribution in [0.3, 0.4) is 0 Å². The Morgan fingerprint density at radius 1 is 1.58 bits per heavy atom. The van der Waals surface area contributed by atoms with Crippen LogP contribution >= 0.6 is 0 Å². The molecular formula is C9H9F2N3O5. The van der Waals surface area contributed by atoms with Crippen molar-refractivity contribution in [1.29, 1.82) is 0 Å². The van der Waals surface area contributed by atoms with E-state index in [0.29, 0.717) is 0 Å². The molecule has 0 aromatic carbocycles. The molecule has 0 bridgehead atoms. The Hall–Kier alpha value is -2.52. The number of halogens is 2. The van der Waals surface area contributed by atoms with Gasteiger partial charge in [0, 0.05) is 13.1 Å². The molecule has 10 heteroatoms. The van der Waals surface area contributed by atoms with Crippen LogP contribution in [0.1, 0.15) is 10.5 Å². The fourth-order valence-electron chi connectivity index (χ4n) is 1.26. The van der Waals surface area contributed by atoms with Crippen molar-refractivity contribution in [3.63, 3.8) is 0 Å². The van der Waals surface area contributed by atoms with Crippen molar-refractivity contribution >= 4 is 17.5 Å². The van der Waals surface area contributed by atoms with Gasteiger partial charge in [-0.25, -0.2) is 9.78 Å². The fraction of sp³-hybridized carbons (Fsp3) is 0.333. The lowest BCUT2D eigenvalue weighted by Crippen LogP contribution is -2.12. The third-order valence-electron chi connectivity index (χ3n) is 1.99. The number of nitrogens with one attached hydrogen (secondary N) is 1. The smallest absolute Gasteiger partial charge is 0.387 e. The van der Waals surface area contributed by atoms with E-state index in [4.69, 9.17) is 0 Å². The number of anilines is 1. The summed E-state index contributed by atoms with van der Waals surface area (Å²) >= 11 is 0. The Kier molecular flexibility index (Phi) is 4.51. The van der Waals surface area contributed by atoms with E-state index in [-0.39, 0.29) is 5.82 Å². The first-order valence-corrected chi connectivity index (χ1v) is 4.81. The van der Waals surface area contributed by atoms with Crippen LogP contribution in [-0.2, 0) is 4.74 Å². The van der Waals surface area contributed by atoms with Crippen LogP contribution in [0.15, 0.2) is 6.07 Å². The number of ether oxygens (including phenoxy) is 2. The minimum absolute atomic E-state index is 0.386. The number of carbonyl (C=O) groups excluding carboxylic acids is 1. The third-order valence-corrected chi connectivity index (χ3v) is 1.99. The summed E-state index contributed by atoms with van der Waals surface area (Å²) in [5.41, 5.74) is -1.19. The van der Waals surface area contributed by atoms with Crippen molar-refractivity contribution in [2.24, 2.45) is 0 Å². The van der Waals surface area contributed by atoms with E-state index in [1.807, 2.05) is 0 Å². The first-order chi connectivity index (χ1) is 8.90. The largest absolute Gasteiger partial charge is 0.464 e. The topological polar surface area (TPSA) is 104 Å². The molecule has 0 aliphatic carbocycles. The summed E-state index contributed by atoms with van der Waals surface area (Å²) in [6, 6.07) is 0.719. The second-order valence-electron chi connectivity index (χ2n) is 3.08. The zero-order valence-electron chi connectivity index (χ0n) is 9.85. The first kappa shape index (κ1) is 14.5. The van der Waals surface area contributed by atoms with Crippen LogP contribution in [0.25, 0.3) is 0 Å². The highest BCUT2D eigenvalue weighted by Crippen LogP contribution is 2.35. The van der Waals surface area contributed by atoms with Crippen LogP contribution < -0.4 is 10.1 Å². The predicted octanol–water partition coefficient (Wildman–Crippen LogP) is 1.42. The number of aromatic nitrogens is 1. The van der Waals surface area contributed by atoms with Gasteiger partial charge in [0.25, 0.3) is 0 Å². The molecular weight excluding hydrogens is 268 g/mol. The number of pyridine rings is 1. The molecule has 0 unspecified atom stereocenters. The number of alkyl halides is 2. The van der Waals surface area contributed by atoms with Crippen molar-refractivity contribution in [2.75, 3.05) is 19.5 Å². The van der Waals surface area contributed by atoms with E-state index in [1.165, 1.54) is 7.05 Å². The summed E-state index contributed by atoms with van der Waals surface area (Å²) in [4.78, 5) is 24.7. The normalized spacial score (nSPS) is 10.2. The molecule has 0 spiro atoms. The fourth-order valence-corrected chi connectivity index (χ4v) is 1.26. The maximum absolute atomic E-state index is 12.2. The molecule has 1 heterocycles. The monoisotopic (exact) mass is 277 g/mol. The van der Waals surface area contributed by atoms with Crippen molar-refractivity contribution in [2.45, 2.75) is 6.61 Å². The molecule has 0 radical (unpaired) electrons. The van der Waals surface area contributed by atoms with Gasteiger partial charge in [-0.3, -0.25) is 10.1 Å². The van der Waals surface area contributed by atoms with Crippen LogP contribution in [0.4, 0.5) is 20.3 Å². The SMILES string of the molecule is CNc1nc(C(=O)OC)cc(OC(F)F)c1[N+](=O)[O-]. The molecule has 0 aliphatic heterocycles. The Bertz CT molecular complexity index is 509. The molecule has 1 N–H and O–H groups in total. The minimum Gasteiger partial charge on any atom is -0.464 e. The maximum Gasteiger partial charge on any atom is 0.387 e. The van der Waals surface area contributed by atoms with Crippen LogP contribution in [0, 0.1) is 10.1 Å². The lowest BCUT2D eigenvalue weighted by Gasteiger charge is -2.09. The number of nitrogens with zero attached hydrogens (tertiary/aromatic N) is 2. The van der Waals surface area contributed by atoms with Gasteiger partial charge in [0.1, 0.15) is 0 Å². The average Bonchev–Trinajstić information content (AvgIpc) is 2.35. The van der Waals surface area contributed by atoms with E-state index in [1.54, 1.807) is 0 Å². The summed E-state index contributed by atoms with van der Waals surface area (Å²) in [5.74, 6) is -2.10. The number of carbonyl (C=O) groups is 1. The Labute approximate surface area is 105 Å². The highest BCUT2D eigenvalue weighted by Gasteiger charge is 2.27. The maximum atomic E-state index is 12.2. The standard InChI is InChI=1S/C9H9F2N3O5/c1-12-7-6(14(16)17)5(19-9(10)11)3-4(13-7)8(15)18-2/h3,9H,1-2H3,(H,12,13). The average molecular weight is 277 g/mol. The molecule has 8 nitrogen and oxygen atoms in total. The van der Waals surface area contributed by atoms with Crippen molar-refractivity contribution in [3.8, 4) is 5.75 Å². The molecule has 0 atom stereocenters. The van der Waals surface area contributed by atoms with Crippen molar-refractivity contribution in [1.82, 2.24) is 4.98 Å². The predicted molar refractivity (Wildman–Crippen MR) is 58.4 cm³/mol. The Morgan fingerprint density at radius 3 is 2.63 bits per heavy atom. The van der Waals surface area contributed by atoms with E-state index >= 15 is 0 Å². The molecule has 104 valence electrons. The van der Waals surface area contributed by atoms with Gasteiger partial charge in [-0.2, -0.15) is 8.78 Å². The van der Waals surface area contributed by atoms with Crippen molar-refractivity contribution < 1.29 is 28.0 Å². The molecule has 0 aliphatic rings. The molecule has 0 saturated heterocycles. The molecule has 19 heavy (non-hydrogen) atoms. The number of rotatable bonds is 5. The van der Waals surface area contributed by atoms with E-state index in [0.717, 1.165) is 13.2 Å². The molecule has 1 aromatic rings. The summed E-state index contributed by atoms with van der Waals surface area (Å²) in [7, 11) is 2.33. The number of nitro groups is 1. The minimum atomic E-state index is -3.28. The van der Waals surface area contributed by atoms with E-state index in [9.17, 15) is 23.7 Å². The van der Waals surface area contributed by atoms with Gasteiger partial charge in [-0.05, 0) is 0 Å². The summed E-state index contributed by atoms with van der Waals surface area (Å²) in [6.45, 7) is -3.28. The Morgan fingerprint density at radius 2 is 2.21 bits per heavy atom. The van der Waals surface area contributed by atoms with Gasteiger partial charge in [-0.15, -0.1) is 0 Å². The third kappa shape index (κ3) is 3.24. The molecule has 0 saturated carbocycles. The first-order valence-electron chi connectivity index (χ1n) is 4.81. The number of esters is 1. The highest BCUT2D eigenvalue weighted by molar-refractivity contribution is 5.89. The summed E-state index contributed by atoms with van der Waals surface area (Å²) in [6.07, 6.45) is 0. The molecule has 1 rings (SSSR count). The van der Waals surface area contributed by atoms with Gasteiger partial charge >= 0.3 is 18.3 Å². The second kappa shape index (κ2) is 5.89. The van der Waals surface area contributed by atoms with Gasteiger partial charge in [0.15, 0.2) is 5.69 Å². The number of hydrogen-bond acceptors (Lipinski definition) is 7. The number of hydrogen-bond donors (Lipinski definition) is 1. The zero-order chi connectivity index (χ0) is 14.6. The van der Waals surface area contributed by atoms with Crippen LogP contribution in [-0.4, -0.2) is 36.6 Å². The number of methoxy groups -OCH3 is 1. The van der Waals surface area contributed by atoms with Crippen LogP contribution in [0.5, 0.6) is 5.75 Å².